The highest BCUT2D eigenvalue weighted by molar-refractivity contribution is 6.05. The first-order chi connectivity index (χ1) is 23.4. The summed E-state index contributed by atoms with van der Waals surface area (Å²) in [6.45, 7) is 7.74. The Hall–Kier alpha value is -4.37. The Morgan fingerprint density at radius 2 is 1.48 bits per heavy atom. The Morgan fingerprint density at radius 3 is 2.25 bits per heavy atom. The van der Waals surface area contributed by atoms with E-state index in [0.717, 1.165) is 76.3 Å². The molecule has 3 saturated heterocycles. The molecule has 3 aromatic rings. The van der Waals surface area contributed by atoms with Crippen LogP contribution in [0.5, 0.6) is 5.75 Å². The second-order valence-corrected chi connectivity index (χ2v) is 14.4. The topological polar surface area (TPSA) is 96.4 Å². The molecule has 0 aromatic heterocycles. The molecule has 2 atom stereocenters. The van der Waals surface area contributed by atoms with Crippen LogP contribution in [0.15, 0.2) is 60.7 Å². The normalized spacial score (nSPS) is 23.7. The van der Waals surface area contributed by atoms with Crippen LogP contribution in [0.4, 0.5) is 11.4 Å². The maximum absolute atomic E-state index is 13.1. The number of fused-ring (bicyclic) bond motifs is 2. The zero-order valence-corrected chi connectivity index (χ0v) is 27.6. The zero-order chi connectivity index (χ0) is 32.8. The molecular formula is C39H45N5O4. The smallest absolute Gasteiger partial charge is 0.255 e. The number of rotatable bonds is 6. The standard InChI is InChI=1S/C39H45N5O4/c45-32-9-11-34-28(23-32)2-1-3-33(34)27-4-6-30(7-5-27)42-16-14-26(15-17-42)24-41-18-20-43(21-19-41)31-8-10-35-29(22-31)25-44(39(35)48)36-12-13-37(46)40-38(36)47/h4-11,22-23,26,33,36,45H,1-3,12-21,24-25H2,(H,40,46,47)/t33-,36-/m0/s1. The highest BCUT2D eigenvalue weighted by atomic mass is 16.3. The molecule has 2 N–H and O–H groups in total. The zero-order valence-electron chi connectivity index (χ0n) is 27.6. The predicted octanol–water partition coefficient (Wildman–Crippen LogP) is 4.66. The summed E-state index contributed by atoms with van der Waals surface area (Å²) < 4.78 is 0. The number of carbonyl (C=O) groups is 3. The van der Waals surface area contributed by atoms with Gasteiger partial charge in [-0.05, 0) is 109 Å². The summed E-state index contributed by atoms with van der Waals surface area (Å²) in [7, 11) is 0. The first kappa shape index (κ1) is 30.9. The lowest BCUT2D eigenvalue weighted by molar-refractivity contribution is -0.136. The van der Waals surface area contributed by atoms with Gasteiger partial charge >= 0.3 is 0 Å². The molecule has 0 saturated carbocycles. The number of nitrogens with one attached hydrogen (secondary N) is 1. The second-order valence-electron chi connectivity index (χ2n) is 14.4. The molecule has 4 aliphatic heterocycles. The molecule has 0 radical (unpaired) electrons. The number of aromatic hydroxyl groups is 1. The molecule has 8 rings (SSSR count). The van der Waals surface area contributed by atoms with E-state index in [0.29, 0.717) is 36.1 Å². The van der Waals surface area contributed by atoms with Crippen molar-refractivity contribution >= 4 is 29.1 Å². The van der Waals surface area contributed by atoms with Crippen LogP contribution >= 0.6 is 0 Å². The lowest BCUT2D eigenvalue weighted by atomic mass is 9.79. The average molecular weight is 648 g/mol. The molecule has 4 heterocycles. The summed E-state index contributed by atoms with van der Waals surface area (Å²) >= 11 is 0. The summed E-state index contributed by atoms with van der Waals surface area (Å²) in [5.74, 6) is 0.746. The van der Waals surface area contributed by atoms with E-state index >= 15 is 0 Å². The van der Waals surface area contributed by atoms with Crippen molar-refractivity contribution in [3.63, 3.8) is 0 Å². The van der Waals surface area contributed by atoms with Gasteiger partial charge in [-0.1, -0.05) is 18.2 Å². The Balaban J connectivity index is 0.810. The van der Waals surface area contributed by atoms with Crippen LogP contribution in [-0.2, 0) is 22.6 Å². The minimum Gasteiger partial charge on any atom is -0.508 e. The molecule has 3 fully saturated rings. The van der Waals surface area contributed by atoms with Crippen LogP contribution in [-0.4, -0.2) is 84.5 Å². The van der Waals surface area contributed by atoms with Gasteiger partial charge in [0.2, 0.25) is 11.8 Å². The summed E-state index contributed by atoms with van der Waals surface area (Å²) in [6, 6.07) is 20.6. The maximum atomic E-state index is 13.1. The molecule has 0 bridgehead atoms. The van der Waals surface area contributed by atoms with E-state index < -0.39 is 6.04 Å². The van der Waals surface area contributed by atoms with Gasteiger partial charge in [-0.15, -0.1) is 0 Å². The monoisotopic (exact) mass is 647 g/mol. The molecule has 0 spiro atoms. The summed E-state index contributed by atoms with van der Waals surface area (Å²) in [5, 5.41) is 12.3. The SMILES string of the molecule is O=C1CC[C@H](N2Cc3cc(N4CCN(CC5CCN(c6ccc([C@@H]7CCCc8cc(O)ccc87)cc6)CC5)CC4)ccc3C2=O)C(=O)N1. The van der Waals surface area contributed by atoms with Crippen molar-refractivity contribution in [1.82, 2.24) is 15.1 Å². The molecule has 1 aliphatic carbocycles. The molecular weight excluding hydrogens is 602 g/mol. The quantitative estimate of drug-likeness (QED) is 0.376. The first-order valence-electron chi connectivity index (χ1n) is 17.8. The summed E-state index contributed by atoms with van der Waals surface area (Å²) in [6.07, 6.45) is 6.45. The van der Waals surface area contributed by atoms with E-state index in [1.54, 1.807) is 4.90 Å². The maximum Gasteiger partial charge on any atom is 0.255 e. The minimum absolute atomic E-state index is 0.118. The number of aryl methyl sites for hydroxylation is 1. The van der Waals surface area contributed by atoms with Crippen molar-refractivity contribution in [3.05, 3.63) is 88.5 Å². The molecule has 9 nitrogen and oxygen atoms in total. The number of piperidine rings is 2. The summed E-state index contributed by atoms with van der Waals surface area (Å²) in [5.41, 5.74) is 8.13. The van der Waals surface area contributed by atoms with Crippen molar-refractivity contribution in [2.45, 2.75) is 63.5 Å². The van der Waals surface area contributed by atoms with Crippen molar-refractivity contribution in [1.29, 1.82) is 0 Å². The minimum atomic E-state index is -0.579. The number of carbonyl (C=O) groups excluding carboxylic acids is 3. The summed E-state index contributed by atoms with van der Waals surface area (Å²) in [4.78, 5) is 46.3. The fourth-order valence-corrected chi connectivity index (χ4v) is 8.75. The Bertz CT molecular complexity index is 1710. The number of hydrogen-bond donors (Lipinski definition) is 2. The fraction of sp³-hybridized carbons (Fsp3) is 0.462. The number of anilines is 2. The van der Waals surface area contributed by atoms with Gasteiger partial charge in [-0.25, -0.2) is 0 Å². The first-order valence-corrected chi connectivity index (χ1v) is 17.8. The van der Waals surface area contributed by atoms with Crippen LogP contribution < -0.4 is 15.1 Å². The van der Waals surface area contributed by atoms with Gasteiger partial charge < -0.3 is 19.8 Å². The van der Waals surface area contributed by atoms with E-state index in [-0.39, 0.29) is 24.1 Å². The Labute approximate surface area is 282 Å². The van der Waals surface area contributed by atoms with Crippen molar-refractivity contribution in [3.8, 4) is 5.75 Å². The number of piperazine rings is 1. The molecule has 3 aromatic carbocycles. The predicted molar refractivity (Wildman–Crippen MR) is 185 cm³/mol. The number of amides is 3. The largest absolute Gasteiger partial charge is 0.508 e. The van der Waals surface area contributed by atoms with Gasteiger partial charge in [0.05, 0.1) is 0 Å². The van der Waals surface area contributed by atoms with Gasteiger partial charge in [0.15, 0.2) is 0 Å². The number of phenols is 1. The Kier molecular flexibility index (Phi) is 8.32. The van der Waals surface area contributed by atoms with E-state index in [9.17, 15) is 19.5 Å². The van der Waals surface area contributed by atoms with Gasteiger partial charge in [0.1, 0.15) is 11.8 Å². The molecule has 9 heteroatoms. The van der Waals surface area contributed by atoms with Crippen molar-refractivity contribution in [2.24, 2.45) is 5.92 Å². The van der Waals surface area contributed by atoms with E-state index in [1.165, 1.54) is 35.2 Å². The van der Waals surface area contributed by atoms with Crippen LogP contribution in [0, 0.1) is 5.92 Å². The molecule has 48 heavy (non-hydrogen) atoms. The highest BCUT2D eigenvalue weighted by Gasteiger charge is 2.39. The fourth-order valence-electron chi connectivity index (χ4n) is 8.75. The number of nitrogens with zero attached hydrogens (tertiary/aromatic N) is 4. The van der Waals surface area contributed by atoms with E-state index in [2.05, 4.69) is 56.4 Å². The molecule has 3 amide bonds. The number of imide groups is 1. The third kappa shape index (κ3) is 6.04. The van der Waals surface area contributed by atoms with Gasteiger partial charge in [0, 0.05) is 81.6 Å². The van der Waals surface area contributed by atoms with Gasteiger partial charge in [-0.3, -0.25) is 24.6 Å². The van der Waals surface area contributed by atoms with Crippen LogP contribution in [0.2, 0.25) is 0 Å². The molecule has 5 aliphatic rings. The Morgan fingerprint density at radius 1 is 0.729 bits per heavy atom. The van der Waals surface area contributed by atoms with Crippen molar-refractivity contribution in [2.75, 3.05) is 55.6 Å². The van der Waals surface area contributed by atoms with Crippen molar-refractivity contribution < 1.29 is 19.5 Å². The van der Waals surface area contributed by atoms with Crippen LogP contribution in [0.1, 0.15) is 77.1 Å². The second kappa shape index (κ2) is 12.9. The van der Waals surface area contributed by atoms with Crippen LogP contribution in [0.3, 0.4) is 0 Å². The average Bonchev–Trinajstić information content (AvgIpc) is 3.43. The van der Waals surface area contributed by atoms with Gasteiger partial charge in [0.25, 0.3) is 5.91 Å². The van der Waals surface area contributed by atoms with E-state index in [1.807, 2.05) is 24.3 Å². The van der Waals surface area contributed by atoms with E-state index in [4.69, 9.17) is 0 Å². The number of phenolic OH excluding ortho intramolecular Hbond substituents is 1. The third-order valence-corrected chi connectivity index (χ3v) is 11.5. The third-order valence-electron chi connectivity index (χ3n) is 11.5. The number of hydrogen-bond acceptors (Lipinski definition) is 7. The van der Waals surface area contributed by atoms with Crippen LogP contribution in [0.25, 0.3) is 0 Å². The lowest BCUT2D eigenvalue weighted by Gasteiger charge is -2.40. The van der Waals surface area contributed by atoms with Gasteiger partial charge in [-0.2, -0.15) is 0 Å². The lowest BCUT2D eigenvalue weighted by Crippen LogP contribution is -2.52. The number of benzene rings is 3. The molecule has 0 unspecified atom stereocenters. The highest BCUT2D eigenvalue weighted by Crippen LogP contribution is 2.39. The molecule has 250 valence electrons.